The maximum Gasteiger partial charge on any atom is 0.274 e. The predicted octanol–water partition coefficient (Wildman–Crippen LogP) is 1.90. The zero-order chi connectivity index (χ0) is 14.7. The Labute approximate surface area is 119 Å². The molecule has 0 radical (unpaired) electrons. The molecule has 0 unspecified atom stereocenters. The summed E-state index contributed by atoms with van der Waals surface area (Å²) >= 11 is 0. The fraction of sp³-hybridized carbons (Fsp3) is 0.643. The van der Waals surface area contributed by atoms with E-state index in [-0.39, 0.29) is 11.8 Å². The van der Waals surface area contributed by atoms with Crippen molar-refractivity contribution in [2.45, 2.75) is 51.5 Å². The van der Waals surface area contributed by atoms with Crippen LogP contribution in [0.4, 0.5) is 5.69 Å². The second-order valence-corrected chi connectivity index (χ2v) is 5.64. The Hall–Kier alpha value is -1.69. The molecular formula is C14H23N5O. The van der Waals surface area contributed by atoms with Crippen molar-refractivity contribution in [3.63, 3.8) is 0 Å². The Morgan fingerprint density at radius 2 is 2.10 bits per heavy atom. The van der Waals surface area contributed by atoms with Crippen LogP contribution in [0.1, 0.15) is 61.8 Å². The molecule has 1 aromatic rings. The molecule has 6 heteroatoms. The van der Waals surface area contributed by atoms with Gasteiger partial charge in [0.1, 0.15) is 5.82 Å². The lowest BCUT2D eigenvalue weighted by atomic mass is 10.1. The summed E-state index contributed by atoms with van der Waals surface area (Å²) in [5.41, 5.74) is 3.35. The fourth-order valence-electron chi connectivity index (χ4n) is 2.57. The Morgan fingerprint density at radius 3 is 2.65 bits per heavy atom. The summed E-state index contributed by atoms with van der Waals surface area (Å²) in [6.07, 6.45) is 6.08. The third-order valence-corrected chi connectivity index (χ3v) is 3.87. The number of amides is 1. The molecule has 6 nitrogen and oxygen atoms in total. The molecule has 1 aromatic heterocycles. The first kappa shape index (κ1) is 14.7. The summed E-state index contributed by atoms with van der Waals surface area (Å²) in [5, 5.41) is 0. The van der Waals surface area contributed by atoms with Gasteiger partial charge in [-0.2, -0.15) is 0 Å². The number of carbonyl (C=O) groups is 1. The number of nitrogens with two attached hydrogens (primary N) is 1. The van der Waals surface area contributed by atoms with E-state index in [0.717, 1.165) is 12.8 Å². The molecule has 1 aliphatic carbocycles. The van der Waals surface area contributed by atoms with Gasteiger partial charge < -0.3 is 10.3 Å². The van der Waals surface area contributed by atoms with Gasteiger partial charge in [-0.3, -0.25) is 10.6 Å². The van der Waals surface area contributed by atoms with Gasteiger partial charge in [0.2, 0.25) is 0 Å². The number of nitrogen functional groups attached to an aromatic ring is 1. The molecule has 0 atom stereocenters. The fourth-order valence-corrected chi connectivity index (χ4v) is 2.57. The number of carbonyl (C=O) groups excluding carboxylic acids is 1. The van der Waals surface area contributed by atoms with Crippen LogP contribution in [0.25, 0.3) is 0 Å². The molecule has 1 fully saturated rings. The maximum absolute atomic E-state index is 12.6. The minimum Gasteiger partial charge on any atom is -0.337 e. The SMILES string of the molecule is CC(C)c1ncc(NN)c(C(=O)N(C)C2CCCC2)n1. The lowest BCUT2D eigenvalue weighted by Gasteiger charge is -2.25. The van der Waals surface area contributed by atoms with Crippen LogP contribution in [-0.2, 0) is 0 Å². The van der Waals surface area contributed by atoms with Gasteiger partial charge in [-0.05, 0) is 12.8 Å². The minimum absolute atomic E-state index is 0.0887. The molecule has 1 saturated carbocycles. The highest BCUT2D eigenvalue weighted by molar-refractivity contribution is 5.97. The van der Waals surface area contributed by atoms with Gasteiger partial charge in [-0.1, -0.05) is 26.7 Å². The lowest BCUT2D eigenvalue weighted by Crippen LogP contribution is -2.36. The van der Waals surface area contributed by atoms with Crippen LogP contribution >= 0.6 is 0 Å². The molecule has 3 N–H and O–H groups in total. The number of aromatic nitrogens is 2. The predicted molar refractivity (Wildman–Crippen MR) is 78.3 cm³/mol. The zero-order valence-electron chi connectivity index (χ0n) is 12.4. The Balaban J connectivity index is 2.29. The molecule has 0 aromatic carbocycles. The first-order valence-electron chi connectivity index (χ1n) is 7.15. The Kier molecular flexibility index (Phi) is 4.54. The highest BCUT2D eigenvalue weighted by Crippen LogP contribution is 2.25. The van der Waals surface area contributed by atoms with Crippen molar-refractivity contribution in [3.05, 3.63) is 17.7 Å². The maximum atomic E-state index is 12.6. The van der Waals surface area contributed by atoms with Crippen LogP contribution in [0.2, 0.25) is 0 Å². The first-order chi connectivity index (χ1) is 9.54. The van der Waals surface area contributed by atoms with Crippen molar-refractivity contribution in [2.24, 2.45) is 5.84 Å². The van der Waals surface area contributed by atoms with E-state index >= 15 is 0 Å². The number of anilines is 1. The normalized spacial score (nSPS) is 15.7. The van der Waals surface area contributed by atoms with Crippen molar-refractivity contribution >= 4 is 11.6 Å². The second kappa shape index (κ2) is 6.17. The molecule has 0 spiro atoms. The van der Waals surface area contributed by atoms with Crippen molar-refractivity contribution in [3.8, 4) is 0 Å². The van der Waals surface area contributed by atoms with E-state index in [1.54, 1.807) is 11.1 Å². The van der Waals surface area contributed by atoms with E-state index in [9.17, 15) is 4.79 Å². The van der Waals surface area contributed by atoms with E-state index in [0.29, 0.717) is 23.2 Å². The minimum atomic E-state index is -0.0887. The van der Waals surface area contributed by atoms with Gasteiger partial charge in [-0.15, -0.1) is 0 Å². The van der Waals surface area contributed by atoms with Crippen LogP contribution in [0.3, 0.4) is 0 Å². The van der Waals surface area contributed by atoms with E-state index in [1.807, 2.05) is 20.9 Å². The van der Waals surface area contributed by atoms with Crippen molar-refractivity contribution in [1.29, 1.82) is 0 Å². The average Bonchev–Trinajstić information content (AvgIpc) is 2.99. The van der Waals surface area contributed by atoms with Crippen LogP contribution in [0.5, 0.6) is 0 Å². The highest BCUT2D eigenvalue weighted by Gasteiger charge is 2.27. The smallest absolute Gasteiger partial charge is 0.274 e. The van der Waals surface area contributed by atoms with Gasteiger partial charge in [0, 0.05) is 19.0 Å². The van der Waals surface area contributed by atoms with Gasteiger partial charge in [0.05, 0.1) is 11.9 Å². The third-order valence-electron chi connectivity index (χ3n) is 3.87. The summed E-state index contributed by atoms with van der Waals surface area (Å²) in [7, 11) is 1.84. The summed E-state index contributed by atoms with van der Waals surface area (Å²) < 4.78 is 0. The summed E-state index contributed by atoms with van der Waals surface area (Å²) in [4.78, 5) is 23.0. The van der Waals surface area contributed by atoms with Crippen LogP contribution < -0.4 is 11.3 Å². The lowest BCUT2D eigenvalue weighted by molar-refractivity contribution is 0.0729. The molecule has 110 valence electrons. The van der Waals surface area contributed by atoms with E-state index in [4.69, 9.17) is 5.84 Å². The molecular weight excluding hydrogens is 254 g/mol. The molecule has 2 rings (SSSR count). The highest BCUT2D eigenvalue weighted by atomic mass is 16.2. The quantitative estimate of drug-likeness (QED) is 0.648. The van der Waals surface area contributed by atoms with E-state index in [1.165, 1.54) is 12.8 Å². The van der Waals surface area contributed by atoms with Gasteiger partial charge in [-0.25, -0.2) is 9.97 Å². The first-order valence-corrected chi connectivity index (χ1v) is 7.15. The summed E-state index contributed by atoms with van der Waals surface area (Å²) in [6, 6.07) is 0.311. The van der Waals surface area contributed by atoms with E-state index in [2.05, 4.69) is 15.4 Å². The zero-order valence-corrected chi connectivity index (χ0v) is 12.4. The largest absolute Gasteiger partial charge is 0.337 e. The molecule has 0 bridgehead atoms. The Bertz CT molecular complexity index is 482. The molecule has 0 saturated heterocycles. The van der Waals surface area contributed by atoms with Gasteiger partial charge >= 0.3 is 0 Å². The standard InChI is InChI=1S/C14H23N5O/c1-9(2)13-16-8-11(18-15)12(17-13)14(20)19(3)10-6-4-5-7-10/h8-10,18H,4-7,15H2,1-3H3. The van der Waals surface area contributed by atoms with Crippen LogP contribution in [-0.4, -0.2) is 33.9 Å². The number of hydrogen-bond acceptors (Lipinski definition) is 5. The average molecular weight is 277 g/mol. The van der Waals surface area contributed by atoms with Crippen molar-refractivity contribution in [2.75, 3.05) is 12.5 Å². The number of rotatable bonds is 4. The second-order valence-electron chi connectivity index (χ2n) is 5.64. The molecule has 1 aliphatic rings. The molecule has 1 amide bonds. The third kappa shape index (κ3) is 2.90. The summed E-state index contributed by atoms with van der Waals surface area (Å²) in [5.74, 6) is 6.21. The summed E-state index contributed by atoms with van der Waals surface area (Å²) in [6.45, 7) is 4.00. The number of hydrazine groups is 1. The van der Waals surface area contributed by atoms with Gasteiger partial charge in [0.25, 0.3) is 5.91 Å². The van der Waals surface area contributed by atoms with Gasteiger partial charge in [0.15, 0.2) is 5.69 Å². The van der Waals surface area contributed by atoms with E-state index < -0.39 is 0 Å². The number of hydrogen-bond donors (Lipinski definition) is 2. The van der Waals surface area contributed by atoms with Crippen LogP contribution in [0, 0.1) is 0 Å². The monoisotopic (exact) mass is 277 g/mol. The van der Waals surface area contributed by atoms with Crippen LogP contribution in [0.15, 0.2) is 6.20 Å². The topological polar surface area (TPSA) is 84.1 Å². The molecule has 1 heterocycles. The number of nitrogens with zero attached hydrogens (tertiary/aromatic N) is 3. The Morgan fingerprint density at radius 1 is 1.45 bits per heavy atom. The molecule has 0 aliphatic heterocycles. The molecule has 20 heavy (non-hydrogen) atoms. The number of nitrogens with one attached hydrogen (secondary N) is 1. The van der Waals surface area contributed by atoms with Crippen molar-refractivity contribution < 1.29 is 4.79 Å². The van der Waals surface area contributed by atoms with Crippen molar-refractivity contribution in [1.82, 2.24) is 14.9 Å².